The van der Waals surface area contributed by atoms with Gasteiger partial charge >= 0.3 is 0 Å². The van der Waals surface area contributed by atoms with E-state index in [2.05, 4.69) is 48.3 Å². The minimum atomic E-state index is 0.367. The molecule has 0 saturated carbocycles. The van der Waals surface area contributed by atoms with Gasteiger partial charge in [0.25, 0.3) is 0 Å². The molecule has 1 heterocycles. The largest absolute Gasteiger partial charge is 0.258 e. The van der Waals surface area contributed by atoms with Crippen LogP contribution in [0.15, 0.2) is 48.5 Å². The molecule has 1 heteroatoms. The quantitative estimate of drug-likeness (QED) is 0.717. The lowest BCUT2D eigenvalue weighted by molar-refractivity contribution is 0.862. The van der Waals surface area contributed by atoms with Crippen LogP contribution in [0.25, 0.3) is 0 Å². The predicted octanol–water partition coefficient (Wildman–Crippen LogP) is 3.54. The first-order valence-electron chi connectivity index (χ1n) is 5.26. The fourth-order valence-corrected chi connectivity index (χ4v) is 1.72. The van der Waals surface area contributed by atoms with E-state index in [-0.39, 0.29) is 0 Å². The highest BCUT2D eigenvalue weighted by Crippen LogP contribution is 2.21. The molecule has 0 spiro atoms. The minimum Gasteiger partial charge on any atom is -0.258 e. The molecular formula is C14H15N. The number of nitrogens with zero attached hydrogens (tertiary/aromatic N) is 1. The van der Waals surface area contributed by atoms with Gasteiger partial charge in [-0.3, -0.25) is 4.98 Å². The zero-order valence-corrected chi connectivity index (χ0v) is 9.14. The SMILES string of the molecule is Cc1cccc([C@@H](C)c2ccccc2)n1. The maximum atomic E-state index is 4.55. The van der Waals surface area contributed by atoms with Crippen LogP contribution in [0.4, 0.5) is 0 Å². The summed E-state index contributed by atoms with van der Waals surface area (Å²) in [4.78, 5) is 4.55. The van der Waals surface area contributed by atoms with Gasteiger partial charge in [-0.05, 0) is 24.6 Å². The Hall–Kier alpha value is -1.63. The second-order valence-corrected chi connectivity index (χ2v) is 3.84. The van der Waals surface area contributed by atoms with E-state index in [0.717, 1.165) is 11.4 Å². The number of hydrogen-bond donors (Lipinski definition) is 0. The van der Waals surface area contributed by atoms with Gasteiger partial charge in [-0.15, -0.1) is 0 Å². The maximum Gasteiger partial charge on any atom is 0.0478 e. The summed E-state index contributed by atoms with van der Waals surface area (Å²) < 4.78 is 0. The number of benzene rings is 1. The second-order valence-electron chi connectivity index (χ2n) is 3.84. The van der Waals surface area contributed by atoms with Crippen molar-refractivity contribution in [3.63, 3.8) is 0 Å². The first-order valence-corrected chi connectivity index (χ1v) is 5.26. The Labute approximate surface area is 90.8 Å². The third-order valence-electron chi connectivity index (χ3n) is 2.65. The van der Waals surface area contributed by atoms with Crippen molar-refractivity contribution in [1.29, 1.82) is 0 Å². The molecule has 1 atom stereocenters. The Balaban J connectivity index is 2.32. The van der Waals surface area contributed by atoms with Gasteiger partial charge in [0.1, 0.15) is 0 Å². The molecule has 0 radical (unpaired) electrons. The Kier molecular flexibility index (Phi) is 2.82. The summed E-state index contributed by atoms with van der Waals surface area (Å²) >= 11 is 0. The molecular weight excluding hydrogens is 182 g/mol. The molecule has 15 heavy (non-hydrogen) atoms. The maximum absolute atomic E-state index is 4.55. The molecule has 2 aromatic rings. The van der Waals surface area contributed by atoms with Crippen LogP contribution in [0.5, 0.6) is 0 Å². The highest BCUT2D eigenvalue weighted by atomic mass is 14.7. The summed E-state index contributed by atoms with van der Waals surface area (Å²) in [5.74, 6) is 0.367. The molecule has 0 unspecified atom stereocenters. The van der Waals surface area contributed by atoms with E-state index in [1.165, 1.54) is 5.56 Å². The lowest BCUT2D eigenvalue weighted by atomic mass is 9.97. The molecule has 0 amide bonds. The Morgan fingerprint density at radius 2 is 1.67 bits per heavy atom. The van der Waals surface area contributed by atoms with E-state index in [9.17, 15) is 0 Å². The van der Waals surface area contributed by atoms with Gasteiger partial charge in [0, 0.05) is 17.3 Å². The van der Waals surface area contributed by atoms with Gasteiger partial charge in [-0.2, -0.15) is 0 Å². The van der Waals surface area contributed by atoms with Gasteiger partial charge in [0.2, 0.25) is 0 Å². The molecule has 1 nitrogen and oxygen atoms in total. The van der Waals surface area contributed by atoms with E-state index < -0.39 is 0 Å². The summed E-state index contributed by atoms with van der Waals surface area (Å²) in [6, 6.07) is 16.7. The van der Waals surface area contributed by atoms with Gasteiger partial charge in [0.05, 0.1) is 0 Å². The highest BCUT2D eigenvalue weighted by Gasteiger charge is 2.08. The lowest BCUT2D eigenvalue weighted by Gasteiger charge is -2.11. The molecule has 0 N–H and O–H groups in total. The van der Waals surface area contributed by atoms with Crippen LogP contribution in [0.2, 0.25) is 0 Å². The molecule has 0 saturated heterocycles. The Bertz CT molecular complexity index is 434. The van der Waals surface area contributed by atoms with E-state index in [1.807, 2.05) is 19.1 Å². The average Bonchev–Trinajstić information content (AvgIpc) is 2.29. The molecule has 0 fully saturated rings. The number of pyridine rings is 1. The fraction of sp³-hybridized carbons (Fsp3) is 0.214. The van der Waals surface area contributed by atoms with Gasteiger partial charge in [-0.25, -0.2) is 0 Å². The Morgan fingerprint density at radius 1 is 0.933 bits per heavy atom. The topological polar surface area (TPSA) is 12.9 Å². The van der Waals surface area contributed by atoms with Crippen molar-refractivity contribution in [2.75, 3.05) is 0 Å². The molecule has 0 aliphatic rings. The highest BCUT2D eigenvalue weighted by molar-refractivity contribution is 5.27. The summed E-state index contributed by atoms with van der Waals surface area (Å²) in [6.07, 6.45) is 0. The zero-order valence-electron chi connectivity index (χ0n) is 9.14. The summed E-state index contributed by atoms with van der Waals surface area (Å²) in [5.41, 5.74) is 3.53. The van der Waals surface area contributed by atoms with Crippen molar-refractivity contribution < 1.29 is 0 Å². The molecule has 0 bridgehead atoms. The molecule has 2 rings (SSSR count). The monoisotopic (exact) mass is 197 g/mol. The third-order valence-corrected chi connectivity index (χ3v) is 2.65. The van der Waals surface area contributed by atoms with Crippen LogP contribution in [0.3, 0.4) is 0 Å². The number of rotatable bonds is 2. The van der Waals surface area contributed by atoms with Crippen molar-refractivity contribution in [3.8, 4) is 0 Å². The Morgan fingerprint density at radius 3 is 2.33 bits per heavy atom. The van der Waals surface area contributed by atoms with Crippen molar-refractivity contribution in [2.24, 2.45) is 0 Å². The number of aryl methyl sites for hydroxylation is 1. The molecule has 1 aromatic carbocycles. The van der Waals surface area contributed by atoms with Crippen LogP contribution < -0.4 is 0 Å². The lowest BCUT2D eigenvalue weighted by Crippen LogP contribution is -1.99. The third kappa shape index (κ3) is 2.24. The van der Waals surface area contributed by atoms with Gasteiger partial charge in [0.15, 0.2) is 0 Å². The van der Waals surface area contributed by atoms with Crippen molar-refractivity contribution in [2.45, 2.75) is 19.8 Å². The number of aromatic nitrogens is 1. The van der Waals surface area contributed by atoms with Crippen LogP contribution >= 0.6 is 0 Å². The van der Waals surface area contributed by atoms with Crippen molar-refractivity contribution in [1.82, 2.24) is 4.98 Å². The molecule has 1 aromatic heterocycles. The van der Waals surface area contributed by atoms with E-state index in [1.54, 1.807) is 0 Å². The van der Waals surface area contributed by atoms with Crippen LogP contribution in [-0.2, 0) is 0 Å². The molecule has 0 aliphatic carbocycles. The van der Waals surface area contributed by atoms with Crippen LogP contribution in [0.1, 0.15) is 29.8 Å². The second kappa shape index (κ2) is 4.26. The smallest absolute Gasteiger partial charge is 0.0478 e. The molecule has 0 aliphatic heterocycles. The summed E-state index contributed by atoms with van der Waals surface area (Å²) in [7, 11) is 0. The normalized spacial score (nSPS) is 12.4. The zero-order chi connectivity index (χ0) is 10.7. The van der Waals surface area contributed by atoms with E-state index >= 15 is 0 Å². The van der Waals surface area contributed by atoms with E-state index in [0.29, 0.717) is 5.92 Å². The van der Waals surface area contributed by atoms with Gasteiger partial charge < -0.3 is 0 Å². The predicted molar refractivity (Wildman–Crippen MR) is 62.9 cm³/mol. The van der Waals surface area contributed by atoms with Crippen molar-refractivity contribution >= 4 is 0 Å². The fourth-order valence-electron chi connectivity index (χ4n) is 1.72. The molecule has 76 valence electrons. The first-order chi connectivity index (χ1) is 7.27. The first kappa shape index (κ1) is 9.91. The average molecular weight is 197 g/mol. The summed E-state index contributed by atoms with van der Waals surface area (Å²) in [5, 5.41) is 0. The summed E-state index contributed by atoms with van der Waals surface area (Å²) in [6.45, 7) is 4.22. The minimum absolute atomic E-state index is 0.367. The number of hydrogen-bond acceptors (Lipinski definition) is 1. The van der Waals surface area contributed by atoms with Crippen molar-refractivity contribution in [3.05, 3.63) is 65.5 Å². The van der Waals surface area contributed by atoms with Crippen LogP contribution in [-0.4, -0.2) is 4.98 Å². The van der Waals surface area contributed by atoms with Gasteiger partial charge in [-0.1, -0.05) is 43.3 Å². The standard InChI is InChI=1S/C14H15N/c1-11-7-6-10-14(15-11)12(2)13-8-4-3-5-9-13/h3-10,12H,1-2H3/t12-/m0/s1. The van der Waals surface area contributed by atoms with Crippen LogP contribution in [0, 0.1) is 6.92 Å². The van der Waals surface area contributed by atoms with E-state index in [4.69, 9.17) is 0 Å².